The standard InChI is InChI=1S/C18H22N2O2/c1-12-6-5-7-15(10-12)20-18(21)14(3)19-16-11-13(2)8-9-17(16)22-4/h5-11,14,19H,1-4H3,(H,20,21)/t14-/m1/s1. The van der Waals surface area contributed by atoms with Gasteiger partial charge in [-0.15, -0.1) is 0 Å². The minimum Gasteiger partial charge on any atom is -0.495 e. The molecular formula is C18H22N2O2. The summed E-state index contributed by atoms with van der Waals surface area (Å²) in [6.45, 7) is 5.82. The van der Waals surface area contributed by atoms with Crippen molar-refractivity contribution >= 4 is 17.3 Å². The van der Waals surface area contributed by atoms with Crippen molar-refractivity contribution in [2.24, 2.45) is 0 Å². The molecule has 0 saturated carbocycles. The Balaban J connectivity index is 2.07. The van der Waals surface area contributed by atoms with E-state index in [2.05, 4.69) is 10.6 Å². The number of benzene rings is 2. The molecule has 2 aromatic rings. The number of carbonyl (C=O) groups is 1. The van der Waals surface area contributed by atoms with Crippen LogP contribution in [0.25, 0.3) is 0 Å². The first kappa shape index (κ1) is 15.9. The third-order valence-corrected chi connectivity index (χ3v) is 3.41. The molecule has 0 fully saturated rings. The predicted octanol–water partition coefficient (Wildman–Crippen LogP) is 3.75. The summed E-state index contributed by atoms with van der Waals surface area (Å²) < 4.78 is 5.32. The van der Waals surface area contributed by atoms with Gasteiger partial charge in [-0.05, 0) is 56.2 Å². The van der Waals surface area contributed by atoms with Crippen molar-refractivity contribution < 1.29 is 9.53 Å². The van der Waals surface area contributed by atoms with Crippen molar-refractivity contribution in [1.82, 2.24) is 0 Å². The first-order chi connectivity index (χ1) is 10.5. The van der Waals surface area contributed by atoms with E-state index in [1.54, 1.807) is 7.11 Å². The fourth-order valence-corrected chi connectivity index (χ4v) is 2.21. The molecule has 4 nitrogen and oxygen atoms in total. The lowest BCUT2D eigenvalue weighted by Gasteiger charge is -2.18. The van der Waals surface area contributed by atoms with Crippen LogP contribution in [-0.2, 0) is 4.79 Å². The van der Waals surface area contributed by atoms with Crippen LogP contribution < -0.4 is 15.4 Å². The van der Waals surface area contributed by atoms with Crippen molar-refractivity contribution in [3.63, 3.8) is 0 Å². The second-order valence-corrected chi connectivity index (χ2v) is 5.43. The second-order valence-electron chi connectivity index (χ2n) is 5.43. The SMILES string of the molecule is COc1ccc(C)cc1N[C@H](C)C(=O)Nc1cccc(C)c1. The predicted molar refractivity (Wildman–Crippen MR) is 90.6 cm³/mol. The number of nitrogens with one attached hydrogen (secondary N) is 2. The lowest BCUT2D eigenvalue weighted by Crippen LogP contribution is -2.32. The van der Waals surface area contributed by atoms with Crippen molar-refractivity contribution in [2.45, 2.75) is 26.8 Å². The van der Waals surface area contributed by atoms with Gasteiger partial charge in [0.25, 0.3) is 0 Å². The number of hydrogen-bond donors (Lipinski definition) is 2. The molecule has 4 heteroatoms. The number of anilines is 2. The van der Waals surface area contributed by atoms with Crippen molar-refractivity contribution in [1.29, 1.82) is 0 Å². The van der Waals surface area contributed by atoms with Gasteiger partial charge in [0.05, 0.1) is 12.8 Å². The summed E-state index contributed by atoms with van der Waals surface area (Å²) in [5.74, 6) is 0.634. The van der Waals surface area contributed by atoms with Gasteiger partial charge in [-0.2, -0.15) is 0 Å². The molecule has 2 aromatic carbocycles. The van der Waals surface area contributed by atoms with Gasteiger partial charge >= 0.3 is 0 Å². The fraction of sp³-hybridized carbons (Fsp3) is 0.278. The highest BCUT2D eigenvalue weighted by atomic mass is 16.5. The second kappa shape index (κ2) is 6.98. The maximum atomic E-state index is 12.3. The third-order valence-electron chi connectivity index (χ3n) is 3.41. The number of carbonyl (C=O) groups excluding carboxylic acids is 1. The van der Waals surface area contributed by atoms with Crippen LogP contribution in [0.15, 0.2) is 42.5 Å². The molecule has 2 rings (SSSR count). The lowest BCUT2D eigenvalue weighted by molar-refractivity contribution is -0.116. The van der Waals surface area contributed by atoms with Crippen LogP contribution in [0.3, 0.4) is 0 Å². The van der Waals surface area contributed by atoms with Gasteiger partial charge in [-0.1, -0.05) is 18.2 Å². The molecule has 0 spiro atoms. The number of aryl methyl sites for hydroxylation is 2. The maximum Gasteiger partial charge on any atom is 0.246 e. The van der Waals surface area contributed by atoms with E-state index in [0.29, 0.717) is 0 Å². The van der Waals surface area contributed by atoms with E-state index in [0.717, 1.165) is 28.3 Å². The molecule has 1 amide bonds. The van der Waals surface area contributed by atoms with Gasteiger partial charge in [-0.3, -0.25) is 4.79 Å². The first-order valence-corrected chi connectivity index (χ1v) is 7.28. The summed E-state index contributed by atoms with van der Waals surface area (Å²) in [7, 11) is 1.62. The third kappa shape index (κ3) is 4.01. The smallest absolute Gasteiger partial charge is 0.246 e. The molecule has 0 radical (unpaired) electrons. The van der Waals surface area contributed by atoms with Crippen molar-refractivity contribution in [3.8, 4) is 5.75 Å². The Morgan fingerprint density at radius 1 is 1.09 bits per heavy atom. The molecule has 22 heavy (non-hydrogen) atoms. The minimum absolute atomic E-state index is 0.0887. The number of methoxy groups -OCH3 is 1. The molecule has 2 N–H and O–H groups in total. The number of ether oxygens (including phenoxy) is 1. The molecule has 0 aliphatic carbocycles. The Kier molecular flexibility index (Phi) is 5.04. The Morgan fingerprint density at radius 2 is 1.82 bits per heavy atom. The molecular weight excluding hydrogens is 276 g/mol. The number of hydrogen-bond acceptors (Lipinski definition) is 3. The highest BCUT2D eigenvalue weighted by Gasteiger charge is 2.15. The van der Waals surface area contributed by atoms with Crippen LogP contribution in [0.1, 0.15) is 18.1 Å². The molecule has 0 aliphatic rings. The van der Waals surface area contributed by atoms with E-state index in [1.807, 2.05) is 63.2 Å². The molecule has 0 unspecified atom stereocenters. The van der Waals surface area contributed by atoms with Crippen LogP contribution in [0.5, 0.6) is 5.75 Å². The van der Waals surface area contributed by atoms with Crippen LogP contribution in [0.4, 0.5) is 11.4 Å². The minimum atomic E-state index is -0.379. The lowest BCUT2D eigenvalue weighted by atomic mass is 10.2. The summed E-state index contributed by atoms with van der Waals surface area (Å²) in [6, 6.07) is 13.2. The molecule has 0 bridgehead atoms. The topological polar surface area (TPSA) is 50.4 Å². The summed E-state index contributed by atoms with van der Waals surface area (Å²) in [4.78, 5) is 12.3. The normalized spacial score (nSPS) is 11.6. The summed E-state index contributed by atoms with van der Waals surface area (Å²) in [5.41, 5.74) is 3.83. The quantitative estimate of drug-likeness (QED) is 0.884. The summed E-state index contributed by atoms with van der Waals surface area (Å²) in [6.07, 6.45) is 0. The van der Waals surface area contributed by atoms with E-state index in [9.17, 15) is 4.79 Å². The van der Waals surface area contributed by atoms with E-state index < -0.39 is 0 Å². The zero-order valence-corrected chi connectivity index (χ0v) is 13.4. The number of rotatable bonds is 5. The fourth-order valence-electron chi connectivity index (χ4n) is 2.21. The van der Waals surface area contributed by atoms with E-state index >= 15 is 0 Å². The zero-order chi connectivity index (χ0) is 16.1. The maximum absolute atomic E-state index is 12.3. The molecule has 0 aliphatic heterocycles. The van der Waals surface area contributed by atoms with Gasteiger partial charge in [-0.25, -0.2) is 0 Å². The van der Waals surface area contributed by atoms with Crippen LogP contribution in [0, 0.1) is 13.8 Å². The van der Waals surface area contributed by atoms with Gasteiger partial charge in [0, 0.05) is 5.69 Å². The average Bonchev–Trinajstić information content (AvgIpc) is 2.47. The van der Waals surface area contributed by atoms with Crippen molar-refractivity contribution in [3.05, 3.63) is 53.6 Å². The molecule has 0 aromatic heterocycles. The van der Waals surface area contributed by atoms with Gasteiger partial charge in [0.1, 0.15) is 11.8 Å². The average molecular weight is 298 g/mol. The van der Waals surface area contributed by atoms with Gasteiger partial charge < -0.3 is 15.4 Å². The van der Waals surface area contributed by atoms with E-state index in [1.165, 1.54) is 0 Å². The highest BCUT2D eigenvalue weighted by molar-refractivity contribution is 5.96. The molecule has 0 saturated heterocycles. The first-order valence-electron chi connectivity index (χ1n) is 7.28. The Bertz CT molecular complexity index is 668. The zero-order valence-electron chi connectivity index (χ0n) is 13.4. The van der Waals surface area contributed by atoms with Crippen LogP contribution >= 0.6 is 0 Å². The molecule has 0 heterocycles. The highest BCUT2D eigenvalue weighted by Crippen LogP contribution is 2.26. The number of amides is 1. The largest absolute Gasteiger partial charge is 0.495 e. The van der Waals surface area contributed by atoms with Gasteiger partial charge in [0.2, 0.25) is 5.91 Å². The van der Waals surface area contributed by atoms with Crippen LogP contribution in [0.2, 0.25) is 0 Å². The Morgan fingerprint density at radius 3 is 2.50 bits per heavy atom. The Labute approximate surface area is 131 Å². The molecule has 1 atom stereocenters. The molecule has 116 valence electrons. The Hall–Kier alpha value is -2.49. The van der Waals surface area contributed by atoms with Crippen molar-refractivity contribution in [2.75, 3.05) is 17.7 Å². The van der Waals surface area contributed by atoms with E-state index in [-0.39, 0.29) is 11.9 Å². The van der Waals surface area contributed by atoms with Gasteiger partial charge in [0.15, 0.2) is 0 Å². The monoisotopic (exact) mass is 298 g/mol. The summed E-state index contributed by atoms with van der Waals surface area (Å²) >= 11 is 0. The van der Waals surface area contributed by atoms with Crippen LogP contribution in [-0.4, -0.2) is 19.1 Å². The van der Waals surface area contributed by atoms with E-state index in [4.69, 9.17) is 4.74 Å². The summed E-state index contributed by atoms with van der Waals surface area (Å²) in [5, 5.41) is 6.11.